The van der Waals surface area contributed by atoms with Gasteiger partial charge in [-0.05, 0) is 30.4 Å². The predicted molar refractivity (Wildman–Crippen MR) is 145 cm³/mol. The van der Waals surface area contributed by atoms with Gasteiger partial charge in [0.05, 0.1) is 37.6 Å². The van der Waals surface area contributed by atoms with Gasteiger partial charge in [-0.2, -0.15) is 9.57 Å². The maximum Gasteiger partial charge on any atom is 0.409 e. The lowest BCUT2D eigenvalue weighted by Gasteiger charge is -2.40. The van der Waals surface area contributed by atoms with Crippen molar-refractivity contribution in [2.24, 2.45) is 20.0 Å². The summed E-state index contributed by atoms with van der Waals surface area (Å²) in [7, 11) is 0.590. The minimum Gasteiger partial charge on any atom is -0.453 e. The second kappa shape index (κ2) is 11.3. The Kier molecular flexibility index (Phi) is 7.78. The van der Waals surface area contributed by atoms with Crippen molar-refractivity contribution in [1.82, 2.24) is 33.3 Å². The summed E-state index contributed by atoms with van der Waals surface area (Å²) in [5, 5.41) is 9.36. The molecular weight excluding hydrogens is 550 g/mol. The Morgan fingerprint density at radius 2 is 1.95 bits per heavy atom. The second-order valence-corrected chi connectivity index (χ2v) is 12.1. The van der Waals surface area contributed by atoms with Crippen LogP contribution in [0.2, 0.25) is 0 Å². The van der Waals surface area contributed by atoms with E-state index in [1.54, 1.807) is 42.2 Å². The number of piperidine rings is 1. The van der Waals surface area contributed by atoms with E-state index in [2.05, 4.69) is 21.0 Å². The molecule has 5 rings (SSSR count). The standard InChI is InChI=1S/C26H31N9O5S/c1-31-15-23(30-17-31)41(38,39)35(13-18-4-6-33(7-5-18)26(37)40-3)22-9-20-8-19(10-27)11-29-24(20)34(25(22)36)14-21-12-28-16-32(21)2/h8,11-12,15-18,22H,4-7,9,13-14H2,1-3H3. The molecule has 1 atom stereocenters. The van der Waals surface area contributed by atoms with Crippen LogP contribution in [0, 0.1) is 17.2 Å². The fraction of sp³-hybridized carbons (Fsp3) is 0.462. The average molecular weight is 582 g/mol. The molecule has 1 saturated heterocycles. The Bertz CT molecular complexity index is 1600. The number of carbonyl (C=O) groups is 2. The van der Waals surface area contributed by atoms with Crippen molar-refractivity contribution >= 4 is 27.8 Å². The first-order chi connectivity index (χ1) is 19.6. The molecule has 3 aromatic heterocycles. The van der Waals surface area contributed by atoms with Crippen molar-refractivity contribution in [2.75, 3.05) is 31.6 Å². The minimum absolute atomic E-state index is 0.0473. The molecule has 0 aromatic carbocycles. The summed E-state index contributed by atoms with van der Waals surface area (Å²) in [6.45, 7) is 1.01. The number of aromatic nitrogens is 5. The van der Waals surface area contributed by atoms with Gasteiger partial charge in [0.2, 0.25) is 5.91 Å². The fourth-order valence-corrected chi connectivity index (χ4v) is 6.96. The molecule has 0 saturated carbocycles. The van der Waals surface area contributed by atoms with Gasteiger partial charge in [0.1, 0.15) is 17.9 Å². The quantitative estimate of drug-likeness (QED) is 0.397. The third kappa shape index (κ3) is 5.52. The molecule has 5 heterocycles. The van der Waals surface area contributed by atoms with Gasteiger partial charge in [-0.25, -0.2) is 28.2 Å². The first kappa shape index (κ1) is 28.2. The summed E-state index contributed by atoms with van der Waals surface area (Å²) in [6.07, 6.45) is 8.17. The number of ether oxygens (including phenoxy) is 1. The minimum atomic E-state index is -4.21. The summed E-state index contributed by atoms with van der Waals surface area (Å²) < 4.78 is 37.6. The van der Waals surface area contributed by atoms with Crippen LogP contribution in [0.3, 0.4) is 0 Å². The number of rotatable bonds is 7. The summed E-state index contributed by atoms with van der Waals surface area (Å²) in [4.78, 5) is 41.9. The summed E-state index contributed by atoms with van der Waals surface area (Å²) >= 11 is 0. The molecule has 14 nitrogen and oxygen atoms in total. The molecule has 0 radical (unpaired) electrons. The van der Waals surface area contributed by atoms with Crippen molar-refractivity contribution in [2.45, 2.75) is 36.9 Å². The van der Waals surface area contributed by atoms with E-state index in [9.17, 15) is 23.3 Å². The number of imidazole rings is 2. The highest BCUT2D eigenvalue weighted by molar-refractivity contribution is 7.89. The molecule has 1 unspecified atom stereocenters. The Balaban J connectivity index is 1.53. The number of nitrogens with zero attached hydrogens (tertiary/aromatic N) is 9. The molecular formula is C26H31N9O5S. The van der Waals surface area contributed by atoms with Gasteiger partial charge in [-0.15, -0.1) is 0 Å². The predicted octanol–water partition coefficient (Wildman–Crippen LogP) is 1.05. The lowest BCUT2D eigenvalue weighted by atomic mass is 9.94. The first-order valence-corrected chi connectivity index (χ1v) is 14.5. The van der Waals surface area contributed by atoms with Gasteiger partial charge >= 0.3 is 6.09 Å². The van der Waals surface area contributed by atoms with E-state index in [1.165, 1.54) is 39.6 Å². The van der Waals surface area contributed by atoms with Crippen LogP contribution >= 0.6 is 0 Å². The van der Waals surface area contributed by atoms with E-state index in [1.807, 2.05) is 0 Å². The normalized spacial score (nSPS) is 17.9. The molecule has 0 N–H and O–H groups in total. The molecule has 0 aliphatic carbocycles. The van der Waals surface area contributed by atoms with Crippen molar-refractivity contribution < 1.29 is 22.7 Å². The molecule has 216 valence electrons. The number of fused-ring (bicyclic) bond motifs is 1. The number of likely N-dealkylation sites (tertiary alicyclic amines) is 1. The Hall–Kier alpha value is -4.29. The molecule has 2 aliphatic rings. The third-order valence-electron chi connectivity index (χ3n) is 7.62. The zero-order valence-electron chi connectivity index (χ0n) is 23.0. The number of carbonyl (C=O) groups excluding carboxylic acids is 2. The first-order valence-electron chi connectivity index (χ1n) is 13.1. The summed E-state index contributed by atoms with van der Waals surface area (Å²) in [5.41, 5.74) is 1.63. The second-order valence-electron chi connectivity index (χ2n) is 10.3. The van der Waals surface area contributed by atoms with E-state index in [4.69, 9.17) is 4.74 Å². The van der Waals surface area contributed by atoms with Crippen LogP contribution in [-0.4, -0.2) is 86.5 Å². The SMILES string of the molecule is COC(=O)N1CCC(CN(C2Cc3cc(C#N)cnc3N(Cc3cncn3C)C2=O)S(=O)(=O)c2cn(C)cn2)CC1. The van der Waals surface area contributed by atoms with Gasteiger partial charge in [-0.1, -0.05) is 0 Å². The van der Waals surface area contributed by atoms with E-state index >= 15 is 0 Å². The topological polar surface area (TPSA) is 160 Å². The number of amides is 2. The molecule has 15 heteroatoms. The van der Waals surface area contributed by atoms with Crippen LogP contribution in [0.1, 0.15) is 29.7 Å². The van der Waals surface area contributed by atoms with Crippen molar-refractivity contribution in [1.29, 1.82) is 5.26 Å². The van der Waals surface area contributed by atoms with E-state index in [0.29, 0.717) is 42.9 Å². The molecule has 0 bridgehead atoms. The van der Waals surface area contributed by atoms with Crippen LogP contribution in [0.5, 0.6) is 0 Å². The number of hydrogen-bond acceptors (Lipinski definition) is 9. The highest BCUT2D eigenvalue weighted by atomic mass is 32.2. The number of anilines is 1. The van der Waals surface area contributed by atoms with Crippen LogP contribution < -0.4 is 4.90 Å². The zero-order chi connectivity index (χ0) is 29.3. The Morgan fingerprint density at radius 1 is 1.20 bits per heavy atom. The van der Waals surface area contributed by atoms with Gasteiger partial charge in [0.15, 0.2) is 5.03 Å². The lowest BCUT2D eigenvalue weighted by molar-refractivity contribution is -0.123. The monoisotopic (exact) mass is 581 g/mol. The number of pyridine rings is 1. The fourth-order valence-electron chi connectivity index (χ4n) is 5.33. The molecule has 1 fully saturated rings. The van der Waals surface area contributed by atoms with Crippen LogP contribution in [0.15, 0.2) is 42.3 Å². The molecule has 2 aliphatic heterocycles. The number of methoxy groups -OCH3 is 1. The Morgan fingerprint density at radius 3 is 2.56 bits per heavy atom. The van der Waals surface area contributed by atoms with Gasteiger partial charge in [0, 0.05) is 58.7 Å². The smallest absolute Gasteiger partial charge is 0.409 e. The number of sulfonamides is 1. The third-order valence-corrected chi connectivity index (χ3v) is 9.38. The summed E-state index contributed by atoms with van der Waals surface area (Å²) in [5.74, 6) is -0.159. The van der Waals surface area contributed by atoms with Crippen molar-refractivity contribution in [3.63, 3.8) is 0 Å². The maximum atomic E-state index is 14.2. The van der Waals surface area contributed by atoms with Crippen molar-refractivity contribution in [3.8, 4) is 6.07 Å². The Labute approximate surface area is 237 Å². The molecule has 0 spiro atoms. The van der Waals surface area contributed by atoms with Gasteiger partial charge < -0.3 is 18.8 Å². The van der Waals surface area contributed by atoms with Crippen LogP contribution in [0.25, 0.3) is 0 Å². The average Bonchev–Trinajstić information content (AvgIpc) is 3.60. The molecule has 41 heavy (non-hydrogen) atoms. The van der Waals surface area contributed by atoms with Crippen LogP contribution in [-0.2, 0) is 46.6 Å². The highest BCUT2D eigenvalue weighted by Gasteiger charge is 2.44. The molecule has 2 amide bonds. The number of aryl methyl sites for hydroxylation is 2. The van der Waals surface area contributed by atoms with Crippen molar-refractivity contribution in [3.05, 3.63) is 54.1 Å². The lowest BCUT2D eigenvalue weighted by Crippen LogP contribution is -2.56. The van der Waals surface area contributed by atoms with Gasteiger partial charge in [0.25, 0.3) is 10.0 Å². The summed E-state index contributed by atoms with van der Waals surface area (Å²) in [6, 6.07) is 2.63. The van der Waals surface area contributed by atoms with E-state index in [-0.39, 0.29) is 30.5 Å². The highest BCUT2D eigenvalue weighted by Crippen LogP contribution is 2.33. The maximum absolute atomic E-state index is 14.2. The number of nitriles is 1. The van der Waals surface area contributed by atoms with Gasteiger partial charge in [-0.3, -0.25) is 9.69 Å². The zero-order valence-corrected chi connectivity index (χ0v) is 23.9. The van der Waals surface area contributed by atoms with Crippen LogP contribution in [0.4, 0.5) is 10.6 Å². The molecule has 3 aromatic rings. The largest absolute Gasteiger partial charge is 0.453 e. The van der Waals surface area contributed by atoms with E-state index in [0.717, 1.165) is 5.69 Å². The van der Waals surface area contributed by atoms with E-state index < -0.39 is 28.1 Å². The number of hydrogen-bond donors (Lipinski definition) is 0.